The van der Waals surface area contributed by atoms with Crippen molar-refractivity contribution in [2.75, 3.05) is 29.9 Å². The Hall–Kier alpha value is -3.28. The number of rotatable bonds is 2. The van der Waals surface area contributed by atoms with E-state index in [1.165, 1.54) is 30.3 Å². The van der Waals surface area contributed by atoms with E-state index in [1.54, 1.807) is 22.8 Å². The quantitative estimate of drug-likeness (QED) is 0.750. The largest absolute Gasteiger partial charge is 0.417 e. The minimum atomic E-state index is -4.62. The van der Waals surface area contributed by atoms with Crippen LogP contribution in [0.3, 0.4) is 0 Å². The van der Waals surface area contributed by atoms with Gasteiger partial charge in [-0.05, 0) is 49.4 Å². The number of nitrogens with zero attached hydrogens (tertiary/aromatic N) is 3. The van der Waals surface area contributed by atoms with E-state index in [4.69, 9.17) is 5.26 Å². The summed E-state index contributed by atoms with van der Waals surface area (Å²) in [4.78, 5) is 15.8. The Morgan fingerprint density at radius 3 is 2.45 bits per heavy atom. The topological polar surface area (TPSA) is 59.4 Å². The first-order valence-corrected chi connectivity index (χ1v) is 8.88. The van der Waals surface area contributed by atoms with Gasteiger partial charge in [0.25, 0.3) is 0 Å². The van der Waals surface area contributed by atoms with Crippen molar-refractivity contribution < 1.29 is 22.4 Å². The summed E-state index contributed by atoms with van der Waals surface area (Å²) >= 11 is 0. The summed E-state index contributed by atoms with van der Waals surface area (Å²) in [5, 5.41) is 11.6. The van der Waals surface area contributed by atoms with Crippen LogP contribution in [0.25, 0.3) is 0 Å². The molecule has 1 aliphatic heterocycles. The Morgan fingerprint density at radius 1 is 1.17 bits per heavy atom. The van der Waals surface area contributed by atoms with Crippen LogP contribution in [0.4, 0.5) is 33.7 Å². The molecule has 1 aliphatic rings. The zero-order valence-corrected chi connectivity index (χ0v) is 15.5. The molecule has 0 radical (unpaired) electrons. The molecule has 5 nitrogen and oxygen atoms in total. The molecule has 0 spiro atoms. The number of halogens is 4. The average Bonchev–Trinajstić information content (AvgIpc) is 2.68. The van der Waals surface area contributed by atoms with Gasteiger partial charge in [-0.3, -0.25) is 0 Å². The minimum Gasteiger partial charge on any atom is -0.368 e. The maximum absolute atomic E-state index is 13.2. The number of alkyl halides is 3. The first-order chi connectivity index (χ1) is 13.7. The second-order valence-electron chi connectivity index (χ2n) is 6.76. The molecule has 0 bridgehead atoms. The fourth-order valence-electron chi connectivity index (χ4n) is 3.28. The van der Waals surface area contributed by atoms with Gasteiger partial charge in [-0.25, -0.2) is 9.18 Å². The summed E-state index contributed by atoms with van der Waals surface area (Å²) in [6.07, 6.45) is -4.62. The normalized spacial score (nSPS) is 17.0. The van der Waals surface area contributed by atoms with Gasteiger partial charge >= 0.3 is 12.2 Å². The maximum atomic E-state index is 13.2. The summed E-state index contributed by atoms with van der Waals surface area (Å²) in [5.41, 5.74) is -0.594. The summed E-state index contributed by atoms with van der Waals surface area (Å²) in [6, 6.07) is 9.92. The molecule has 152 valence electrons. The maximum Gasteiger partial charge on any atom is 0.417 e. The molecule has 0 aromatic heterocycles. The number of amides is 2. The van der Waals surface area contributed by atoms with Gasteiger partial charge in [-0.1, -0.05) is 0 Å². The number of anilines is 2. The lowest BCUT2D eigenvalue weighted by Gasteiger charge is -2.41. The summed E-state index contributed by atoms with van der Waals surface area (Å²) in [6.45, 7) is 2.77. The third-order valence-corrected chi connectivity index (χ3v) is 4.78. The van der Waals surface area contributed by atoms with Gasteiger partial charge in [0.2, 0.25) is 0 Å². The molecule has 1 saturated heterocycles. The Kier molecular flexibility index (Phi) is 5.64. The van der Waals surface area contributed by atoms with E-state index < -0.39 is 23.1 Å². The van der Waals surface area contributed by atoms with Crippen LogP contribution in [0.1, 0.15) is 18.1 Å². The number of piperazine rings is 1. The molecule has 29 heavy (non-hydrogen) atoms. The van der Waals surface area contributed by atoms with Crippen LogP contribution >= 0.6 is 0 Å². The van der Waals surface area contributed by atoms with E-state index in [1.807, 2.05) is 0 Å². The highest BCUT2D eigenvalue weighted by atomic mass is 19.4. The number of nitriles is 1. The van der Waals surface area contributed by atoms with E-state index in [2.05, 4.69) is 5.32 Å². The lowest BCUT2D eigenvalue weighted by molar-refractivity contribution is -0.137. The predicted octanol–water partition coefficient (Wildman–Crippen LogP) is 4.46. The zero-order chi connectivity index (χ0) is 21.2. The van der Waals surface area contributed by atoms with Crippen LogP contribution in [0.15, 0.2) is 42.5 Å². The van der Waals surface area contributed by atoms with Crippen molar-refractivity contribution in [3.05, 3.63) is 59.4 Å². The lowest BCUT2D eigenvalue weighted by atomic mass is 10.1. The Morgan fingerprint density at radius 2 is 1.86 bits per heavy atom. The molecule has 9 heteroatoms. The minimum absolute atomic E-state index is 0.269. The molecule has 2 amide bonds. The highest BCUT2D eigenvalue weighted by molar-refractivity contribution is 5.89. The van der Waals surface area contributed by atoms with Gasteiger partial charge in [-0.2, -0.15) is 18.4 Å². The number of hydrogen-bond donors (Lipinski definition) is 1. The van der Waals surface area contributed by atoms with E-state index >= 15 is 0 Å². The van der Waals surface area contributed by atoms with Crippen molar-refractivity contribution in [1.29, 1.82) is 5.26 Å². The molecule has 2 aromatic carbocycles. The molecule has 1 atom stereocenters. The molecule has 1 heterocycles. The van der Waals surface area contributed by atoms with Gasteiger partial charge in [0.15, 0.2) is 0 Å². The van der Waals surface area contributed by atoms with Crippen molar-refractivity contribution in [1.82, 2.24) is 4.90 Å². The molecular weight excluding hydrogens is 388 g/mol. The van der Waals surface area contributed by atoms with Crippen LogP contribution in [0.2, 0.25) is 0 Å². The van der Waals surface area contributed by atoms with Crippen molar-refractivity contribution in [3.8, 4) is 6.07 Å². The van der Waals surface area contributed by atoms with Gasteiger partial charge in [0, 0.05) is 37.1 Å². The Balaban J connectivity index is 1.70. The van der Waals surface area contributed by atoms with Crippen LogP contribution in [-0.4, -0.2) is 36.6 Å². The summed E-state index contributed by atoms with van der Waals surface area (Å²) < 4.78 is 52.6. The van der Waals surface area contributed by atoms with Crippen molar-refractivity contribution in [3.63, 3.8) is 0 Å². The SMILES string of the molecule is CC1CN(c2ccc(C#N)c(C(F)(F)F)c2)CCN1C(=O)Nc1ccc(F)cc1. The number of nitrogens with one attached hydrogen (secondary N) is 1. The molecule has 2 aromatic rings. The predicted molar refractivity (Wildman–Crippen MR) is 100.0 cm³/mol. The number of urea groups is 1. The number of hydrogen-bond acceptors (Lipinski definition) is 3. The first kappa shape index (κ1) is 20.5. The van der Waals surface area contributed by atoms with Crippen molar-refractivity contribution in [2.45, 2.75) is 19.1 Å². The summed E-state index contributed by atoms with van der Waals surface area (Å²) in [7, 11) is 0. The molecule has 0 saturated carbocycles. The molecule has 3 rings (SSSR count). The molecule has 1 N–H and O–H groups in total. The smallest absolute Gasteiger partial charge is 0.368 e. The third kappa shape index (κ3) is 4.59. The number of benzene rings is 2. The number of carbonyl (C=O) groups is 1. The Bertz CT molecular complexity index is 937. The van der Waals surface area contributed by atoms with Crippen LogP contribution in [-0.2, 0) is 6.18 Å². The Labute approximate surface area is 165 Å². The first-order valence-electron chi connectivity index (χ1n) is 8.88. The molecule has 1 fully saturated rings. The van der Waals surface area contributed by atoms with Crippen LogP contribution in [0.5, 0.6) is 0 Å². The van der Waals surface area contributed by atoms with Crippen molar-refractivity contribution in [2.24, 2.45) is 0 Å². The number of carbonyl (C=O) groups excluding carboxylic acids is 1. The van der Waals surface area contributed by atoms with E-state index in [-0.39, 0.29) is 12.1 Å². The van der Waals surface area contributed by atoms with Crippen molar-refractivity contribution >= 4 is 17.4 Å². The second-order valence-corrected chi connectivity index (χ2v) is 6.76. The average molecular weight is 406 g/mol. The van der Waals surface area contributed by atoms with Crippen LogP contribution < -0.4 is 10.2 Å². The molecule has 0 aliphatic carbocycles. The summed E-state index contributed by atoms with van der Waals surface area (Å²) in [5.74, 6) is -0.411. The molecule has 1 unspecified atom stereocenters. The van der Waals surface area contributed by atoms with Gasteiger partial charge in [-0.15, -0.1) is 0 Å². The van der Waals surface area contributed by atoms with Gasteiger partial charge in [0.1, 0.15) is 5.82 Å². The standard InChI is InChI=1S/C20H18F4N4O/c1-13-12-27(17-7-2-14(11-25)18(10-17)20(22,23)24)8-9-28(13)19(29)26-16-5-3-15(21)4-6-16/h2-7,10,13H,8-9,12H2,1H3,(H,26,29). The van der Waals surface area contributed by atoms with Gasteiger partial charge < -0.3 is 15.1 Å². The van der Waals surface area contributed by atoms with E-state index in [9.17, 15) is 22.4 Å². The van der Waals surface area contributed by atoms with E-state index in [0.29, 0.717) is 31.0 Å². The fourth-order valence-corrected chi connectivity index (χ4v) is 3.28. The lowest BCUT2D eigenvalue weighted by Crippen LogP contribution is -2.55. The monoisotopic (exact) mass is 406 g/mol. The fraction of sp³-hybridized carbons (Fsp3) is 0.300. The highest BCUT2D eigenvalue weighted by Crippen LogP contribution is 2.35. The highest BCUT2D eigenvalue weighted by Gasteiger charge is 2.35. The second kappa shape index (κ2) is 7.99. The molecular formula is C20H18F4N4O. The zero-order valence-electron chi connectivity index (χ0n) is 15.5. The third-order valence-electron chi connectivity index (χ3n) is 4.78. The van der Waals surface area contributed by atoms with Crippen LogP contribution in [0, 0.1) is 17.1 Å². The van der Waals surface area contributed by atoms with Gasteiger partial charge in [0.05, 0.1) is 17.2 Å². The van der Waals surface area contributed by atoms with E-state index in [0.717, 1.165) is 12.1 Å².